The molecule has 0 radical (unpaired) electrons. The fourth-order valence-corrected chi connectivity index (χ4v) is 2.68. The van der Waals surface area contributed by atoms with Gasteiger partial charge in [-0.05, 0) is 37.5 Å². The summed E-state index contributed by atoms with van der Waals surface area (Å²) in [7, 11) is 0. The van der Waals surface area contributed by atoms with E-state index in [9.17, 15) is 4.79 Å². The smallest absolute Gasteiger partial charge is 0.221 e. The van der Waals surface area contributed by atoms with Crippen molar-refractivity contribution in [1.82, 2.24) is 10.6 Å². The Kier molecular flexibility index (Phi) is 3.48. The number of amides is 1. The van der Waals surface area contributed by atoms with Gasteiger partial charge in [0.25, 0.3) is 0 Å². The Morgan fingerprint density at radius 2 is 1.82 bits per heavy atom. The minimum atomic E-state index is 0.141. The number of carbonyl (C=O) groups excluding carboxylic acids is 1. The van der Waals surface area contributed by atoms with Crippen molar-refractivity contribution in [3.8, 4) is 0 Å². The minimum absolute atomic E-state index is 0.141. The van der Waals surface area contributed by atoms with E-state index < -0.39 is 0 Å². The molecule has 1 aliphatic rings. The van der Waals surface area contributed by atoms with Crippen LogP contribution in [0.2, 0.25) is 0 Å². The molecule has 0 aliphatic carbocycles. The van der Waals surface area contributed by atoms with Gasteiger partial charge in [-0.3, -0.25) is 4.79 Å². The summed E-state index contributed by atoms with van der Waals surface area (Å²) in [5.74, 6) is 0.141. The first-order valence-corrected chi connectivity index (χ1v) is 6.16. The van der Waals surface area contributed by atoms with E-state index in [-0.39, 0.29) is 11.9 Å². The maximum Gasteiger partial charge on any atom is 0.221 e. The van der Waals surface area contributed by atoms with Crippen molar-refractivity contribution >= 4 is 5.91 Å². The Balaban J connectivity index is 2.30. The van der Waals surface area contributed by atoms with Crippen molar-refractivity contribution in [3.05, 3.63) is 34.4 Å². The summed E-state index contributed by atoms with van der Waals surface area (Å²) in [5, 5.41) is 6.41. The Morgan fingerprint density at radius 3 is 2.47 bits per heavy atom. The van der Waals surface area contributed by atoms with Gasteiger partial charge in [0.1, 0.15) is 0 Å². The molecule has 17 heavy (non-hydrogen) atoms. The highest BCUT2D eigenvalue weighted by Gasteiger charge is 2.19. The van der Waals surface area contributed by atoms with E-state index in [0.29, 0.717) is 13.0 Å². The second-order valence-corrected chi connectivity index (χ2v) is 4.87. The fourth-order valence-electron chi connectivity index (χ4n) is 2.68. The molecule has 1 atom stereocenters. The maximum atomic E-state index is 11.3. The number of nitrogens with one attached hydrogen (secondary N) is 2. The lowest BCUT2D eigenvalue weighted by Crippen LogP contribution is -2.30. The van der Waals surface area contributed by atoms with Gasteiger partial charge in [0.05, 0.1) is 6.04 Å². The SMILES string of the molecule is Cc1cc(C)c(C2CNC(=O)CCN2)c(C)c1. The molecule has 3 heteroatoms. The summed E-state index contributed by atoms with van der Waals surface area (Å²) >= 11 is 0. The average Bonchev–Trinajstić information content (AvgIpc) is 2.42. The van der Waals surface area contributed by atoms with Gasteiger partial charge in [-0.15, -0.1) is 0 Å². The molecule has 1 aromatic rings. The first-order valence-electron chi connectivity index (χ1n) is 6.16. The Hall–Kier alpha value is -1.35. The number of hydrogen-bond acceptors (Lipinski definition) is 2. The van der Waals surface area contributed by atoms with Crippen LogP contribution in [0, 0.1) is 20.8 Å². The maximum absolute atomic E-state index is 11.3. The molecule has 1 fully saturated rings. The van der Waals surface area contributed by atoms with Crippen LogP contribution in [0.4, 0.5) is 0 Å². The molecule has 1 aromatic carbocycles. The molecule has 3 nitrogen and oxygen atoms in total. The number of carbonyl (C=O) groups is 1. The molecular formula is C14H20N2O. The van der Waals surface area contributed by atoms with Crippen LogP contribution in [-0.2, 0) is 4.79 Å². The summed E-state index contributed by atoms with van der Waals surface area (Å²) < 4.78 is 0. The molecule has 92 valence electrons. The van der Waals surface area contributed by atoms with Crippen molar-refractivity contribution in [3.63, 3.8) is 0 Å². The normalized spacial score (nSPS) is 20.9. The van der Waals surface area contributed by atoms with E-state index in [2.05, 4.69) is 43.5 Å². The summed E-state index contributed by atoms with van der Waals surface area (Å²) in [6.07, 6.45) is 0.570. The summed E-state index contributed by atoms with van der Waals surface area (Å²) in [6, 6.07) is 4.65. The molecule has 1 amide bonds. The molecule has 0 aromatic heterocycles. The van der Waals surface area contributed by atoms with E-state index in [1.54, 1.807) is 0 Å². The quantitative estimate of drug-likeness (QED) is 0.774. The van der Waals surface area contributed by atoms with Crippen LogP contribution in [0.3, 0.4) is 0 Å². The first-order chi connectivity index (χ1) is 8.08. The second kappa shape index (κ2) is 4.88. The topological polar surface area (TPSA) is 41.1 Å². The molecule has 0 saturated carbocycles. The monoisotopic (exact) mass is 232 g/mol. The third-order valence-electron chi connectivity index (χ3n) is 3.33. The zero-order valence-corrected chi connectivity index (χ0v) is 10.8. The summed E-state index contributed by atoms with van der Waals surface area (Å²) in [6.45, 7) is 7.84. The molecular weight excluding hydrogens is 212 g/mol. The lowest BCUT2D eigenvalue weighted by Gasteiger charge is -2.21. The van der Waals surface area contributed by atoms with E-state index in [1.807, 2.05) is 0 Å². The summed E-state index contributed by atoms with van der Waals surface area (Å²) in [5.41, 5.74) is 5.23. The van der Waals surface area contributed by atoms with Gasteiger partial charge >= 0.3 is 0 Å². The Bertz CT molecular complexity index is 417. The molecule has 1 unspecified atom stereocenters. The average molecular weight is 232 g/mol. The lowest BCUT2D eigenvalue weighted by molar-refractivity contribution is -0.120. The van der Waals surface area contributed by atoms with Crippen molar-refractivity contribution in [2.45, 2.75) is 33.2 Å². The van der Waals surface area contributed by atoms with Crippen LogP contribution in [-0.4, -0.2) is 19.0 Å². The molecule has 0 bridgehead atoms. The third kappa shape index (κ3) is 2.67. The van der Waals surface area contributed by atoms with Crippen molar-refractivity contribution in [1.29, 1.82) is 0 Å². The van der Waals surface area contributed by atoms with Gasteiger partial charge in [0.2, 0.25) is 5.91 Å². The van der Waals surface area contributed by atoms with E-state index in [1.165, 1.54) is 22.3 Å². The molecule has 2 rings (SSSR count). The Morgan fingerprint density at radius 1 is 1.18 bits per heavy atom. The van der Waals surface area contributed by atoms with Crippen LogP contribution < -0.4 is 10.6 Å². The van der Waals surface area contributed by atoms with Crippen LogP contribution in [0.1, 0.15) is 34.7 Å². The highest BCUT2D eigenvalue weighted by atomic mass is 16.1. The lowest BCUT2D eigenvalue weighted by atomic mass is 9.94. The molecule has 1 aliphatic heterocycles. The zero-order valence-electron chi connectivity index (χ0n) is 10.8. The van der Waals surface area contributed by atoms with Crippen molar-refractivity contribution < 1.29 is 4.79 Å². The molecule has 0 spiro atoms. The van der Waals surface area contributed by atoms with Crippen LogP contribution >= 0.6 is 0 Å². The van der Waals surface area contributed by atoms with Crippen LogP contribution in [0.15, 0.2) is 12.1 Å². The van der Waals surface area contributed by atoms with Crippen LogP contribution in [0.5, 0.6) is 0 Å². The summed E-state index contributed by atoms with van der Waals surface area (Å²) in [4.78, 5) is 11.3. The van der Waals surface area contributed by atoms with Crippen molar-refractivity contribution in [2.24, 2.45) is 0 Å². The standard InChI is InChI=1S/C14H20N2O/c1-9-6-10(2)14(11(3)7-9)12-8-16-13(17)4-5-15-12/h6-7,12,15H,4-5,8H2,1-3H3,(H,16,17). The predicted molar refractivity (Wildman–Crippen MR) is 69.0 cm³/mol. The Labute approximate surface area is 103 Å². The van der Waals surface area contributed by atoms with Crippen molar-refractivity contribution in [2.75, 3.05) is 13.1 Å². The van der Waals surface area contributed by atoms with Gasteiger partial charge in [0.15, 0.2) is 0 Å². The van der Waals surface area contributed by atoms with Gasteiger partial charge in [-0.2, -0.15) is 0 Å². The van der Waals surface area contributed by atoms with Gasteiger partial charge in [-0.25, -0.2) is 0 Å². The molecule has 2 N–H and O–H groups in total. The van der Waals surface area contributed by atoms with E-state index in [4.69, 9.17) is 0 Å². The third-order valence-corrected chi connectivity index (χ3v) is 3.33. The number of aryl methyl sites for hydroxylation is 3. The van der Waals surface area contributed by atoms with E-state index >= 15 is 0 Å². The van der Waals surface area contributed by atoms with Crippen LogP contribution in [0.25, 0.3) is 0 Å². The van der Waals surface area contributed by atoms with Gasteiger partial charge in [0, 0.05) is 19.5 Å². The number of hydrogen-bond donors (Lipinski definition) is 2. The highest BCUT2D eigenvalue weighted by molar-refractivity contribution is 5.76. The number of rotatable bonds is 1. The second-order valence-electron chi connectivity index (χ2n) is 4.87. The van der Waals surface area contributed by atoms with Gasteiger partial charge < -0.3 is 10.6 Å². The first kappa shape index (κ1) is 12.1. The minimum Gasteiger partial charge on any atom is -0.354 e. The fraction of sp³-hybridized carbons (Fsp3) is 0.500. The van der Waals surface area contributed by atoms with Gasteiger partial charge in [-0.1, -0.05) is 17.7 Å². The number of benzene rings is 1. The largest absolute Gasteiger partial charge is 0.354 e. The highest BCUT2D eigenvalue weighted by Crippen LogP contribution is 2.23. The predicted octanol–water partition coefficient (Wildman–Crippen LogP) is 1.76. The van der Waals surface area contributed by atoms with E-state index in [0.717, 1.165) is 6.54 Å². The molecule has 1 heterocycles. The molecule has 1 saturated heterocycles. The zero-order chi connectivity index (χ0) is 12.4.